The van der Waals surface area contributed by atoms with E-state index in [0.29, 0.717) is 5.69 Å². The summed E-state index contributed by atoms with van der Waals surface area (Å²) in [6.07, 6.45) is 10.5. The lowest BCUT2D eigenvalue weighted by molar-refractivity contribution is -0.122. The first kappa shape index (κ1) is 15.6. The van der Waals surface area contributed by atoms with Crippen LogP contribution in [0, 0.1) is 23.7 Å². The molecule has 5 rings (SSSR count). The van der Waals surface area contributed by atoms with Gasteiger partial charge < -0.3 is 0 Å². The van der Waals surface area contributed by atoms with Gasteiger partial charge in [-0.3, -0.25) is 9.59 Å². The molecule has 2 bridgehead atoms. The molecule has 4 heteroatoms. The number of hydrogen-bond acceptors (Lipinski definition) is 2. The lowest BCUT2D eigenvalue weighted by atomic mass is 9.85. The van der Waals surface area contributed by atoms with Crippen molar-refractivity contribution in [2.75, 3.05) is 4.90 Å². The fourth-order valence-electron chi connectivity index (χ4n) is 5.37. The highest BCUT2D eigenvalue weighted by Gasteiger charge is 2.62. The topological polar surface area (TPSA) is 37.4 Å². The van der Waals surface area contributed by atoms with Gasteiger partial charge in [-0.2, -0.15) is 0 Å². The number of rotatable bonds is 1. The Hall–Kier alpha value is -1.68. The first-order chi connectivity index (χ1) is 12.2. The summed E-state index contributed by atoms with van der Waals surface area (Å²) in [6.45, 7) is 0. The Balaban J connectivity index is 1.54. The zero-order valence-corrected chi connectivity index (χ0v) is 15.5. The highest BCUT2D eigenvalue weighted by atomic mass is 79.9. The molecule has 0 N–H and O–H groups in total. The van der Waals surface area contributed by atoms with Gasteiger partial charge >= 0.3 is 0 Å². The summed E-state index contributed by atoms with van der Waals surface area (Å²) < 4.78 is 0.883. The van der Waals surface area contributed by atoms with Gasteiger partial charge in [0.05, 0.1) is 17.5 Å². The van der Waals surface area contributed by atoms with Crippen molar-refractivity contribution < 1.29 is 9.59 Å². The Bertz CT molecular complexity index is 798. The van der Waals surface area contributed by atoms with Crippen LogP contribution < -0.4 is 4.90 Å². The van der Waals surface area contributed by atoms with Gasteiger partial charge in [0.25, 0.3) is 0 Å². The largest absolute Gasteiger partial charge is 0.274 e. The normalized spacial score (nSPS) is 33.6. The van der Waals surface area contributed by atoms with E-state index in [9.17, 15) is 9.59 Å². The minimum atomic E-state index is -0.189. The third kappa shape index (κ3) is 2.16. The molecular formula is C21H20BrNO2. The van der Waals surface area contributed by atoms with E-state index in [4.69, 9.17) is 0 Å². The molecule has 1 aliphatic heterocycles. The van der Waals surface area contributed by atoms with Gasteiger partial charge in [0.15, 0.2) is 0 Å². The van der Waals surface area contributed by atoms with Gasteiger partial charge in [-0.05, 0) is 43.9 Å². The quantitative estimate of drug-likeness (QED) is 0.511. The zero-order valence-electron chi connectivity index (χ0n) is 14.0. The first-order valence-corrected chi connectivity index (χ1v) is 9.99. The average Bonchev–Trinajstić information content (AvgIpc) is 3.25. The Morgan fingerprint density at radius 1 is 0.920 bits per heavy atom. The van der Waals surface area contributed by atoms with Crippen LogP contribution in [-0.2, 0) is 9.59 Å². The van der Waals surface area contributed by atoms with Gasteiger partial charge in [0, 0.05) is 16.3 Å². The number of halogens is 1. The third-order valence-electron chi connectivity index (χ3n) is 6.35. The van der Waals surface area contributed by atoms with Crippen molar-refractivity contribution in [1.29, 1.82) is 0 Å². The maximum Gasteiger partial charge on any atom is 0.238 e. The zero-order chi connectivity index (χ0) is 17.1. The van der Waals surface area contributed by atoms with Gasteiger partial charge in [-0.1, -0.05) is 51.7 Å². The highest BCUT2D eigenvalue weighted by molar-refractivity contribution is 9.10. The number of imide groups is 1. The van der Waals surface area contributed by atoms with E-state index in [1.165, 1.54) is 35.3 Å². The maximum absolute atomic E-state index is 13.2. The number of fused-ring (bicyclic) bond motifs is 5. The molecule has 0 unspecified atom stereocenters. The number of carbonyl (C=O) groups excluding carboxylic acids is 2. The van der Waals surface area contributed by atoms with Crippen molar-refractivity contribution in [3.63, 3.8) is 0 Å². The number of nitrogens with zero attached hydrogens (tertiary/aromatic N) is 1. The van der Waals surface area contributed by atoms with Crippen LogP contribution >= 0.6 is 15.9 Å². The number of allylic oxidation sites excluding steroid dienone is 4. The maximum atomic E-state index is 13.2. The minimum Gasteiger partial charge on any atom is -0.274 e. The van der Waals surface area contributed by atoms with Gasteiger partial charge in [-0.25, -0.2) is 4.90 Å². The Kier molecular flexibility index (Phi) is 3.53. The minimum absolute atomic E-state index is 0.0149. The molecule has 4 aliphatic rings. The molecule has 1 aromatic carbocycles. The van der Waals surface area contributed by atoms with Crippen molar-refractivity contribution >= 4 is 33.4 Å². The Morgan fingerprint density at radius 2 is 1.56 bits per heavy atom. The summed E-state index contributed by atoms with van der Waals surface area (Å²) in [4.78, 5) is 27.7. The van der Waals surface area contributed by atoms with E-state index in [-0.39, 0.29) is 35.5 Å². The van der Waals surface area contributed by atoms with E-state index in [0.717, 1.165) is 17.3 Å². The van der Waals surface area contributed by atoms with E-state index in [2.05, 4.69) is 28.1 Å². The van der Waals surface area contributed by atoms with E-state index in [1.54, 1.807) is 0 Å². The van der Waals surface area contributed by atoms with Gasteiger partial charge in [0.2, 0.25) is 11.8 Å². The summed E-state index contributed by atoms with van der Waals surface area (Å²) in [5.74, 6) is -0.108. The molecule has 1 heterocycles. The van der Waals surface area contributed by atoms with Crippen LogP contribution in [0.1, 0.15) is 32.1 Å². The number of amides is 2. The third-order valence-corrected chi connectivity index (χ3v) is 6.84. The molecule has 0 radical (unpaired) electrons. The van der Waals surface area contributed by atoms with E-state index >= 15 is 0 Å². The van der Waals surface area contributed by atoms with Crippen molar-refractivity contribution in [1.82, 2.24) is 0 Å². The molecule has 1 aromatic rings. The number of hydrogen-bond donors (Lipinski definition) is 0. The van der Waals surface area contributed by atoms with Crippen LogP contribution in [0.2, 0.25) is 0 Å². The second-order valence-corrected chi connectivity index (χ2v) is 8.52. The summed E-state index contributed by atoms with van der Waals surface area (Å²) in [7, 11) is 0. The van der Waals surface area contributed by atoms with Gasteiger partial charge in [-0.15, -0.1) is 0 Å². The molecule has 3 aliphatic carbocycles. The van der Waals surface area contributed by atoms with Crippen molar-refractivity contribution in [2.45, 2.75) is 32.1 Å². The number of benzene rings is 1. The molecular weight excluding hydrogens is 378 g/mol. The summed E-state index contributed by atoms with van der Waals surface area (Å²) in [6, 6.07) is 7.48. The second kappa shape index (κ2) is 5.66. The van der Waals surface area contributed by atoms with Crippen LogP contribution in [0.25, 0.3) is 0 Å². The molecule has 0 aromatic heterocycles. The summed E-state index contributed by atoms with van der Waals surface area (Å²) >= 11 is 3.44. The smallest absolute Gasteiger partial charge is 0.238 e. The predicted molar refractivity (Wildman–Crippen MR) is 99.8 cm³/mol. The Morgan fingerprint density at radius 3 is 2.16 bits per heavy atom. The molecule has 25 heavy (non-hydrogen) atoms. The van der Waals surface area contributed by atoms with Crippen LogP contribution in [0.4, 0.5) is 5.69 Å². The van der Waals surface area contributed by atoms with Crippen molar-refractivity contribution in [3.8, 4) is 0 Å². The molecule has 2 saturated carbocycles. The monoisotopic (exact) mass is 397 g/mol. The predicted octanol–water partition coefficient (Wildman–Crippen LogP) is 4.63. The van der Waals surface area contributed by atoms with Crippen LogP contribution in [0.3, 0.4) is 0 Å². The summed E-state index contributed by atoms with van der Waals surface area (Å²) in [5.41, 5.74) is 3.64. The molecule has 0 spiro atoms. The fraction of sp³-hybridized carbons (Fsp3) is 0.429. The number of anilines is 1. The van der Waals surface area contributed by atoms with Gasteiger partial charge in [0.1, 0.15) is 0 Å². The molecule has 3 fully saturated rings. The van der Waals surface area contributed by atoms with E-state index < -0.39 is 0 Å². The van der Waals surface area contributed by atoms with Crippen LogP contribution in [0.5, 0.6) is 0 Å². The molecule has 4 atom stereocenters. The van der Waals surface area contributed by atoms with Crippen LogP contribution in [-0.4, -0.2) is 11.8 Å². The van der Waals surface area contributed by atoms with Crippen molar-refractivity contribution in [2.24, 2.45) is 23.7 Å². The first-order valence-electron chi connectivity index (χ1n) is 9.20. The molecule has 2 amide bonds. The lowest BCUT2D eigenvalue weighted by Gasteiger charge is -2.23. The second-order valence-electron chi connectivity index (χ2n) is 7.60. The molecule has 3 nitrogen and oxygen atoms in total. The van der Waals surface area contributed by atoms with Crippen molar-refractivity contribution in [3.05, 3.63) is 52.0 Å². The summed E-state index contributed by atoms with van der Waals surface area (Å²) in [5, 5.41) is 0. The fourth-order valence-corrected chi connectivity index (χ4v) is 5.76. The average molecular weight is 398 g/mol. The molecule has 128 valence electrons. The van der Waals surface area contributed by atoms with Crippen LogP contribution in [0.15, 0.2) is 52.0 Å². The molecule has 1 saturated heterocycles. The number of carbonyl (C=O) groups is 2. The van der Waals surface area contributed by atoms with E-state index in [1.807, 2.05) is 24.3 Å². The SMILES string of the molecule is O=C1[C@@H]2[C@@H](C(=O)N1c1cccc(Br)c1)[C@H]1C=C[C@H]2C1=C1CCCCC1. The standard InChI is InChI=1S/C21H20BrNO2/c22-13-7-4-8-14(11-13)23-20(24)18-15-9-10-16(19(18)21(23)25)17(15)12-5-2-1-3-6-12/h4,7-11,15-16,18-19H,1-3,5-6H2/t15-,16-,18-,19-/m0/s1. The lowest BCUT2D eigenvalue weighted by Crippen LogP contribution is -2.33. The highest BCUT2D eigenvalue weighted by Crippen LogP contribution is 2.58. The Labute approximate surface area is 155 Å².